The van der Waals surface area contributed by atoms with E-state index in [1.165, 1.54) is 4.57 Å². The lowest BCUT2D eigenvalue weighted by Crippen LogP contribution is -2.27. The lowest BCUT2D eigenvalue weighted by molar-refractivity contribution is 0.0516. The number of rotatable bonds is 3. The average molecular weight is 322 g/mol. The molecule has 0 aliphatic rings. The third-order valence-electron chi connectivity index (χ3n) is 3.96. The molecule has 0 bridgehead atoms. The van der Waals surface area contributed by atoms with Crippen LogP contribution >= 0.6 is 0 Å². The Labute approximate surface area is 139 Å². The van der Waals surface area contributed by atoms with Crippen LogP contribution in [0.25, 0.3) is 16.6 Å². The van der Waals surface area contributed by atoms with Crippen molar-refractivity contribution in [2.24, 2.45) is 0 Å². The number of hydrogen-bond donors (Lipinski definition) is 0. The molecular formula is C19H18N2O3. The van der Waals surface area contributed by atoms with Gasteiger partial charge in [0.1, 0.15) is 5.69 Å². The van der Waals surface area contributed by atoms with Crippen LogP contribution in [-0.2, 0) is 4.74 Å². The highest BCUT2D eigenvalue weighted by molar-refractivity contribution is 5.93. The Morgan fingerprint density at radius 2 is 1.92 bits per heavy atom. The molecule has 3 rings (SSSR count). The van der Waals surface area contributed by atoms with Gasteiger partial charge in [-0.15, -0.1) is 0 Å². The van der Waals surface area contributed by atoms with Gasteiger partial charge in [-0.1, -0.05) is 18.2 Å². The van der Waals surface area contributed by atoms with Crippen LogP contribution in [0.5, 0.6) is 0 Å². The van der Waals surface area contributed by atoms with Crippen molar-refractivity contribution in [1.82, 2.24) is 9.55 Å². The smallest absolute Gasteiger partial charge is 0.355 e. The minimum atomic E-state index is -0.539. The molecule has 24 heavy (non-hydrogen) atoms. The standard InChI is InChI=1S/C19H18N2O3/c1-4-24-19(23)16-11-14-17(13(3)9-10-20-14)18(22)21(16)15-8-6-5-7-12(15)2/h5-11H,4H2,1-3H3. The topological polar surface area (TPSA) is 61.2 Å². The zero-order chi connectivity index (χ0) is 17.3. The van der Waals surface area contributed by atoms with Crippen LogP contribution in [0.15, 0.2) is 47.4 Å². The molecule has 3 aromatic rings. The van der Waals surface area contributed by atoms with E-state index in [-0.39, 0.29) is 17.9 Å². The molecule has 0 aliphatic carbocycles. The molecule has 0 saturated carbocycles. The number of pyridine rings is 2. The van der Waals surface area contributed by atoms with Crippen LogP contribution in [0.4, 0.5) is 0 Å². The Morgan fingerprint density at radius 1 is 1.17 bits per heavy atom. The number of fused-ring (bicyclic) bond motifs is 1. The van der Waals surface area contributed by atoms with Gasteiger partial charge in [0.2, 0.25) is 0 Å². The highest BCUT2D eigenvalue weighted by Crippen LogP contribution is 2.20. The van der Waals surface area contributed by atoms with Gasteiger partial charge in [-0.2, -0.15) is 0 Å². The van der Waals surface area contributed by atoms with Crippen molar-refractivity contribution in [3.63, 3.8) is 0 Å². The number of ether oxygens (including phenoxy) is 1. The van der Waals surface area contributed by atoms with Gasteiger partial charge in [0, 0.05) is 6.20 Å². The molecule has 0 N–H and O–H groups in total. The normalized spacial score (nSPS) is 10.8. The average Bonchev–Trinajstić information content (AvgIpc) is 2.56. The van der Waals surface area contributed by atoms with Gasteiger partial charge in [0.15, 0.2) is 0 Å². The number of aromatic nitrogens is 2. The maximum absolute atomic E-state index is 13.1. The molecule has 0 fully saturated rings. The van der Waals surface area contributed by atoms with E-state index in [1.54, 1.807) is 25.3 Å². The lowest BCUT2D eigenvalue weighted by atomic mass is 10.1. The first-order chi connectivity index (χ1) is 11.5. The van der Waals surface area contributed by atoms with Crippen LogP contribution in [0.2, 0.25) is 0 Å². The van der Waals surface area contributed by atoms with E-state index in [1.807, 2.05) is 38.1 Å². The number of esters is 1. The Kier molecular flexibility index (Phi) is 4.16. The minimum absolute atomic E-state index is 0.182. The number of hydrogen-bond acceptors (Lipinski definition) is 4. The molecule has 0 atom stereocenters. The molecule has 2 heterocycles. The second kappa shape index (κ2) is 6.28. The summed E-state index contributed by atoms with van der Waals surface area (Å²) in [4.78, 5) is 29.8. The van der Waals surface area contributed by atoms with Gasteiger partial charge in [-0.25, -0.2) is 4.79 Å². The molecule has 2 aromatic heterocycles. The van der Waals surface area contributed by atoms with Crippen molar-refractivity contribution in [2.45, 2.75) is 20.8 Å². The van der Waals surface area contributed by atoms with Crippen LogP contribution in [0.3, 0.4) is 0 Å². The fourth-order valence-electron chi connectivity index (χ4n) is 2.79. The van der Waals surface area contributed by atoms with Crippen LogP contribution < -0.4 is 5.56 Å². The van der Waals surface area contributed by atoms with Gasteiger partial charge < -0.3 is 4.74 Å². The molecule has 5 heteroatoms. The van der Waals surface area contributed by atoms with Crippen molar-refractivity contribution < 1.29 is 9.53 Å². The highest BCUT2D eigenvalue weighted by Gasteiger charge is 2.20. The monoisotopic (exact) mass is 322 g/mol. The first kappa shape index (κ1) is 15.9. The molecule has 1 aromatic carbocycles. The SMILES string of the molecule is CCOC(=O)c1cc2nccc(C)c2c(=O)n1-c1ccccc1C. The van der Waals surface area contributed by atoms with Gasteiger partial charge in [0.05, 0.1) is 23.2 Å². The van der Waals surface area contributed by atoms with E-state index >= 15 is 0 Å². The first-order valence-corrected chi connectivity index (χ1v) is 7.79. The summed E-state index contributed by atoms with van der Waals surface area (Å²) in [5.41, 5.74) is 2.79. The molecule has 122 valence electrons. The number of carbonyl (C=O) groups excluding carboxylic acids is 1. The van der Waals surface area contributed by atoms with Crippen molar-refractivity contribution in [3.8, 4) is 5.69 Å². The maximum atomic E-state index is 13.1. The van der Waals surface area contributed by atoms with Crippen LogP contribution in [-0.4, -0.2) is 22.1 Å². The lowest BCUT2D eigenvalue weighted by Gasteiger charge is -2.15. The summed E-state index contributed by atoms with van der Waals surface area (Å²) in [5, 5.41) is 0.508. The fourth-order valence-corrected chi connectivity index (χ4v) is 2.79. The van der Waals surface area contributed by atoms with Crippen molar-refractivity contribution in [1.29, 1.82) is 0 Å². The van der Waals surface area contributed by atoms with Gasteiger partial charge in [0.25, 0.3) is 5.56 Å². The highest BCUT2D eigenvalue weighted by atomic mass is 16.5. The number of nitrogens with zero attached hydrogens (tertiary/aromatic N) is 2. The molecule has 0 unspecified atom stereocenters. The summed E-state index contributed by atoms with van der Waals surface area (Å²) in [5.74, 6) is -0.539. The largest absolute Gasteiger partial charge is 0.461 e. The zero-order valence-corrected chi connectivity index (χ0v) is 13.9. The predicted molar refractivity (Wildman–Crippen MR) is 92.8 cm³/mol. The molecule has 0 spiro atoms. The van der Waals surface area contributed by atoms with E-state index in [0.29, 0.717) is 16.6 Å². The van der Waals surface area contributed by atoms with E-state index in [9.17, 15) is 9.59 Å². The fraction of sp³-hybridized carbons (Fsp3) is 0.211. The summed E-state index contributed by atoms with van der Waals surface area (Å²) >= 11 is 0. The third kappa shape index (κ3) is 2.58. The molecule has 5 nitrogen and oxygen atoms in total. The summed E-state index contributed by atoms with van der Waals surface area (Å²) in [6.07, 6.45) is 1.63. The second-order valence-electron chi connectivity index (χ2n) is 5.57. The number of carbonyl (C=O) groups is 1. The molecule has 0 amide bonds. The van der Waals surface area contributed by atoms with E-state index in [4.69, 9.17) is 4.74 Å². The van der Waals surface area contributed by atoms with Crippen molar-refractivity contribution in [2.75, 3.05) is 6.61 Å². The Hall–Kier alpha value is -2.95. The summed E-state index contributed by atoms with van der Waals surface area (Å²) in [6, 6.07) is 10.9. The summed E-state index contributed by atoms with van der Waals surface area (Å²) in [7, 11) is 0. The van der Waals surface area contributed by atoms with Crippen LogP contribution in [0.1, 0.15) is 28.5 Å². The van der Waals surface area contributed by atoms with E-state index < -0.39 is 5.97 Å². The second-order valence-corrected chi connectivity index (χ2v) is 5.57. The first-order valence-electron chi connectivity index (χ1n) is 7.79. The number of benzene rings is 1. The number of para-hydroxylation sites is 1. The van der Waals surface area contributed by atoms with E-state index in [0.717, 1.165) is 11.1 Å². The molecule has 0 radical (unpaired) electrons. The molecular weight excluding hydrogens is 304 g/mol. The molecule has 0 aliphatic heterocycles. The Bertz CT molecular complexity index is 990. The quantitative estimate of drug-likeness (QED) is 0.695. The summed E-state index contributed by atoms with van der Waals surface area (Å²) < 4.78 is 6.56. The van der Waals surface area contributed by atoms with Crippen molar-refractivity contribution >= 4 is 16.9 Å². The minimum Gasteiger partial charge on any atom is -0.461 e. The Balaban J connectivity index is 2.45. The Morgan fingerprint density at radius 3 is 2.62 bits per heavy atom. The maximum Gasteiger partial charge on any atom is 0.355 e. The third-order valence-corrected chi connectivity index (χ3v) is 3.96. The van der Waals surface area contributed by atoms with Crippen LogP contribution in [0, 0.1) is 13.8 Å². The molecule has 0 saturated heterocycles. The van der Waals surface area contributed by atoms with Gasteiger partial charge in [-0.3, -0.25) is 14.3 Å². The number of aryl methyl sites for hydroxylation is 2. The van der Waals surface area contributed by atoms with Gasteiger partial charge in [-0.05, 0) is 50.1 Å². The van der Waals surface area contributed by atoms with Crippen molar-refractivity contribution in [3.05, 3.63) is 69.8 Å². The van der Waals surface area contributed by atoms with E-state index in [2.05, 4.69) is 4.98 Å². The van der Waals surface area contributed by atoms with Gasteiger partial charge >= 0.3 is 5.97 Å². The predicted octanol–water partition coefficient (Wildman–Crippen LogP) is 3.18. The zero-order valence-electron chi connectivity index (χ0n) is 13.9. The summed E-state index contributed by atoms with van der Waals surface area (Å²) in [6.45, 7) is 5.73.